The Labute approximate surface area is 138 Å². The molecule has 3 rings (SSSR count). The highest BCUT2D eigenvalue weighted by Crippen LogP contribution is 2.17. The number of aromatic nitrogens is 1. The number of para-hydroxylation sites is 1. The molecule has 0 atom stereocenters. The zero-order valence-electron chi connectivity index (χ0n) is 13.2. The quantitative estimate of drug-likeness (QED) is 0.730. The first-order valence-corrected chi connectivity index (χ1v) is 8.45. The topological polar surface area (TPSA) is 43.6 Å². The van der Waals surface area contributed by atoms with Gasteiger partial charge in [0.05, 0.1) is 16.8 Å². The van der Waals surface area contributed by atoms with Crippen molar-refractivity contribution in [2.45, 2.75) is 20.4 Å². The number of hydrogen-bond donors (Lipinski definition) is 0. The van der Waals surface area contributed by atoms with Crippen molar-refractivity contribution in [1.82, 2.24) is 4.57 Å². The molecule has 0 spiro atoms. The number of rotatable bonds is 4. The van der Waals surface area contributed by atoms with Crippen LogP contribution in [0.1, 0.15) is 24.2 Å². The van der Waals surface area contributed by atoms with Crippen molar-refractivity contribution in [3.8, 4) is 5.75 Å². The summed E-state index contributed by atoms with van der Waals surface area (Å²) in [6.07, 6.45) is 0. The fourth-order valence-electron chi connectivity index (χ4n) is 2.42. The molecule has 118 valence electrons. The number of hydrogen-bond acceptors (Lipinski definition) is 3. The second kappa shape index (κ2) is 6.79. The number of carbonyl (C=O) groups excluding carboxylic acids is 1. The maximum Gasteiger partial charge on any atom is 0.279 e. The Kier molecular flexibility index (Phi) is 4.57. The van der Waals surface area contributed by atoms with Gasteiger partial charge in [0.2, 0.25) is 0 Å². The van der Waals surface area contributed by atoms with Gasteiger partial charge < -0.3 is 9.30 Å². The smallest absolute Gasteiger partial charge is 0.279 e. The number of carbonyl (C=O) groups is 1. The molecule has 5 heteroatoms. The third-order valence-corrected chi connectivity index (χ3v) is 4.57. The fraction of sp³-hybridized carbons (Fsp3) is 0.222. The third kappa shape index (κ3) is 3.19. The maximum atomic E-state index is 12.4. The molecule has 0 unspecified atom stereocenters. The van der Waals surface area contributed by atoms with Gasteiger partial charge in [0.25, 0.3) is 5.91 Å². The van der Waals surface area contributed by atoms with Gasteiger partial charge in [-0.2, -0.15) is 4.99 Å². The lowest BCUT2D eigenvalue weighted by Crippen LogP contribution is -2.15. The lowest BCUT2D eigenvalue weighted by atomic mass is 10.2. The molecule has 0 aliphatic rings. The van der Waals surface area contributed by atoms with E-state index in [2.05, 4.69) is 22.5 Å². The Bertz CT molecular complexity index is 891. The van der Waals surface area contributed by atoms with E-state index in [1.807, 2.05) is 25.1 Å². The largest absolute Gasteiger partial charge is 0.494 e. The van der Waals surface area contributed by atoms with Gasteiger partial charge in [-0.3, -0.25) is 4.79 Å². The standard InChI is InChI=1S/C18H18N2O2S/c1-3-20-15-7-5-6-8-16(15)23-18(20)19-17(21)13-9-11-14(12-10-13)22-4-2/h5-12H,3-4H2,1-2H3. The maximum absolute atomic E-state index is 12.4. The summed E-state index contributed by atoms with van der Waals surface area (Å²) in [5, 5.41) is 0. The van der Waals surface area contributed by atoms with Crippen molar-refractivity contribution in [1.29, 1.82) is 0 Å². The van der Waals surface area contributed by atoms with Crippen LogP contribution in [0.5, 0.6) is 5.75 Å². The van der Waals surface area contributed by atoms with E-state index in [0.717, 1.165) is 27.3 Å². The molecule has 4 nitrogen and oxygen atoms in total. The zero-order valence-corrected chi connectivity index (χ0v) is 14.0. The van der Waals surface area contributed by atoms with Crippen LogP contribution in [0.3, 0.4) is 0 Å². The van der Waals surface area contributed by atoms with Gasteiger partial charge in [0, 0.05) is 12.1 Å². The first-order valence-electron chi connectivity index (χ1n) is 7.63. The summed E-state index contributed by atoms with van der Waals surface area (Å²) in [6, 6.07) is 15.2. The Morgan fingerprint density at radius 1 is 1.13 bits per heavy atom. The van der Waals surface area contributed by atoms with Crippen LogP contribution >= 0.6 is 11.3 Å². The molecular formula is C18H18N2O2S. The first kappa shape index (κ1) is 15.5. The van der Waals surface area contributed by atoms with E-state index in [-0.39, 0.29) is 5.91 Å². The second-order valence-corrected chi connectivity index (χ2v) is 5.98. The van der Waals surface area contributed by atoms with Crippen LogP contribution in [0.2, 0.25) is 0 Å². The van der Waals surface area contributed by atoms with E-state index in [0.29, 0.717) is 12.2 Å². The molecule has 2 aromatic carbocycles. The van der Waals surface area contributed by atoms with Gasteiger partial charge in [-0.25, -0.2) is 0 Å². The second-order valence-electron chi connectivity index (χ2n) is 4.97. The number of amides is 1. The Balaban J connectivity index is 1.99. The average Bonchev–Trinajstić information content (AvgIpc) is 2.92. The van der Waals surface area contributed by atoms with E-state index in [1.165, 1.54) is 11.3 Å². The highest BCUT2D eigenvalue weighted by molar-refractivity contribution is 7.16. The van der Waals surface area contributed by atoms with Crippen molar-refractivity contribution in [3.05, 3.63) is 58.9 Å². The third-order valence-electron chi connectivity index (χ3n) is 3.51. The van der Waals surface area contributed by atoms with E-state index >= 15 is 0 Å². The Morgan fingerprint density at radius 3 is 2.57 bits per heavy atom. The molecule has 0 aliphatic heterocycles. The normalized spacial score (nSPS) is 11.8. The molecule has 0 radical (unpaired) electrons. The molecule has 0 saturated heterocycles. The summed E-state index contributed by atoms with van der Waals surface area (Å²) in [5.41, 5.74) is 1.67. The van der Waals surface area contributed by atoms with Crippen molar-refractivity contribution in [2.24, 2.45) is 4.99 Å². The molecule has 23 heavy (non-hydrogen) atoms. The van der Waals surface area contributed by atoms with Gasteiger partial charge in [-0.15, -0.1) is 0 Å². The molecular weight excluding hydrogens is 308 g/mol. The van der Waals surface area contributed by atoms with Gasteiger partial charge >= 0.3 is 0 Å². The molecule has 1 aromatic heterocycles. The summed E-state index contributed by atoms with van der Waals surface area (Å²) in [7, 11) is 0. The zero-order chi connectivity index (χ0) is 16.2. The van der Waals surface area contributed by atoms with Crippen molar-refractivity contribution < 1.29 is 9.53 Å². The summed E-state index contributed by atoms with van der Waals surface area (Å²) < 4.78 is 8.59. The van der Waals surface area contributed by atoms with Gasteiger partial charge in [-0.1, -0.05) is 23.5 Å². The predicted molar refractivity (Wildman–Crippen MR) is 93.0 cm³/mol. The van der Waals surface area contributed by atoms with Crippen LogP contribution in [-0.4, -0.2) is 17.1 Å². The van der Waals surface area contributed by atoms with E-state index in [9.17, 15) is 4.79 Å². The number of fused-ring (bicyclic) bond motifs is 1. The average molecular weight is 326 g/mol. The lowest BCUT2D eigenvalue weighted by molar-refractivity contribution is 0.0998. The van der Waals surface area contributed by atoms with Crippen LogP contribution in [0.15, 0.2) is 53.5 Å². The molecule has 3 aromatic rings. The van der Waals surface area contributed by atoms with Gasteiger partial charge in [0.1, 0.15) is 5.75 Å². The van der Waals surface area contributed by atoms with Crippen LogP contribution in [-0.2, 0) is 6.54 Å². The minimum Gasteiger partial charge on any atom is -0.494 e. The van der Waals surface area contributed by atoms with Crippen molar-refractivity contribution in [3.63, 3.8) is 0 Å². The molecule has 1 amide bonds. The van der Waals surface area contributed by atoms with Crippen LogP contribution in [0.25, 0.3) is 10.2 Å². The van der Waals surface area contributed by atoms with E-state index in [4.69, 9.17) is 4.74 Å². The molecule has 0 N–H and O–H groups in total. The Morgan fingerprint density at radius 2 is 1.87 bits per heavy atom. The summed E-state index contributed by atoms with van der Waals surface area (Å²) in [6.45, 7) is 5.37. The molecule has 1 heterocycles. The highest BCUT2D eigenvalue weighted by atomic mass is 32.1. The van der Waals surface area contributed by atoms with E-state index in [1.54, 1.807) is 24.3 Å². The lowest BCUT2D eigenvalue weighted by Gasteiger charge is -2.03. The van der Waals surface area contributed by atoms with E-state index < -0.39 is 0 Å². The van der Waals surface area contributed by atoms with Crippen molar-refractivity contribution >= 4 is 27.5 Å². The predicted octanol–water partition coefficient (Wildman–Crippen LogP) is 3.86. The molecule has 0 saturated carbocycles. The molecule has 0 fully saturated rings. The summed E-state index contributed by atoms with van der Waals surface area (Å²) >= 11 is 1.53. The fourth-order valence-corrected chi connectivity index (χ4v) is 3.52. The van der Waals surface area contributed by atoms with Crippen LogP contribution in [0, 0.1) is 0 Å². The first-order chi connectivity index (χ1) is 11.2. The number of thiazole rings is 1. The number of ether oxygens (including phenoxy) is 1. The number of benzene rings is 2. The summed E-state index contributed by atoms with van der Waals surface area (Å²) in [4.78, 5) is 17.5. The number of nitrogens with zero attached hydrogens (tertiary/aromatic N) is 2. The Hall–Kier alpha value is -2.40. The van der Waals surface area contributed by atoms with Gasteiger partial charge in [-0.05, 0) is 50.2 Å². The van der Waals surface area contributed by atoms with Crippen molar-refractivity contribution in [2.75, 3.05) is 6.61 Å². The van der Waals surface area contributed by atoms with Crippen LogP contribution < -0.4 is 9.54 Å². The van der Waals surface area contributed by atoms with Crippen LogP contribution in [0.4, 0.5) is 0 Å². The monoisotopic (exact) mass is 326 g/mol. The highest BCUT2D eigenvalue weighted by Gasteiger charge is 2.08. The molecule has 0 aliphatic carbocycles. The SMILES string of the molecule is CCOc1ccc(C(=O)N=c2sc3ccccc3n2CC)cc1. The number of aryl methyl sites for hydroxylation is 1. The minimum atomic E-state index is -0.234. The summed E-state index contributed by atoms with van der Waals surface area (Å²) in [5.74, 6) is 0.524. The van der Waals surface area contributed by atoms with Gasteiger partial charge in [0.15, 0.2) is 4.80 Å². The molecule has 0 bridgehead atoms. The minimum absolute atomic E-state index is 0.234.